The quantitative estimate of drug-likeness (QED) is 0.744. The summed E-state index contributed by atoms with van der Waals surface area (Å²) >= 11 is 0. The van der Waals surface area contributed by atoms with Crippen molar-refractivity contribution in [2.24, 2.45) is 5.92 Å². The first-order chi connectivity index (χ1) is 6.77. The lowest BCUT2D eigenvalue weighted by atomic mass is 9.84. The van der Waals surface area contributed by atoms with E-state index in [9.17, 15) is 4.79 Å². The summed E-state index contributed by atoms with van der Waals surface area (Å²) in [6.45, 7) is 2.90. The highest BCUT2D eigenvalue weighted by atomic mass is 16.5. The molecule has 1 heterocycles. The van der Waals surface area contributed by atoms with Crippen molar-refractivity contribution in [1.82, 2.24) is 5.32 Å². The summed E-state index contributed by atoms with van der Waals surface area (Å²) < 4.78 is 5.53. The maximum atomic E-state index is 11.6. The van der Waals surface area contributed by atoms with E-state index in [-0.39, 0.29) is 18.1 Å². The monoisotopic (exact) mass is 197 g/mol. The number of nitrogens with one attached hydrogen (secondary N) is 1. The molecular weight excluding hydrogens is 178 g/mol. The van der Waals surface area contributed by atoms with Crippen LogP contribution in [0.3, 0.4) is 0 Å². The SMILES string of the molecule is CC(NC(=O)C1CCC1)C1CCCO1. The van der Waals surface area contributed by atoms with E-state index in [0.29, 0.717) is 5.92 Å². The van der Waals surface area contributed by atoms with Crippen LogP contribution in [-0.2, 0) is 9.53 Å². The molecule has 1 saturated carbocycles. The van der Waals surface area contributed by atoms with Crippen LogP contribution in [0.15, 0.2) is 0 Å². The van der Waals surface area contributed by atoms with Crippen LogP contribution in [0.1, 0.15) is 39.0 Å². The molecule has 2 rings (SSSR count). The Morgan fingerprint density at radius 2 is 2.14 bits per heavy atom. The summed E-state index contributed by atoms with van der Waals surface area (Å²) in [5.74, 6) is 0.526. The van der Waals surface area contributed by atoms with Crippen LogP contribution >= 0.6 is 0 Å². The van der Waals surface area contributed by atoms with Crippen LogP contribution in [0, 0.1) is 5.92 Å². The van der Waals surface area contributed by atoms with Gasteiger partial charge < -0.3 is 10.1 Å². The van der Waals surface area contributed by atoms with Crippen LogP contribution in [0.25, 0.3) is 0 Å². The Morgan fingerprint density at radius 1 is 1.36 bits per heavy atom. The molecular formula is C11H19NO2. The first-order valence-corrected chi connectivity index (χ1v) is 5.69. The molecule has 1 N–H and O–H groups in total. The molecule has 2 unspecified atom stereocenters. The molecule has 0 radical (unpaired) electrons. The van der Waals surface area contributed by atoms with Crippen molar-refractivity contribution < 1.29 is 9.53 Å². The predicted molar refractivity (Wildman–Crippen MR) is 53.9 cm³/mol. The second-order valence-corrected chi connectivity index (χ2v) is 4.48. The van der Waals surface area contributed by atoms with E-state index in [0.717, 1.165) is 32.3 Å². The minimum Gasteiger partial charge on any atom is -0.376 e. The molecule has 1 saturated heterocycles. The molecule has 1 amide bonds. The van der Waals surface area contributed by atoms with E-state index >= 15 is 0 Å². The lowest BCUT2D eigenvalue weighted by molar-refractivity contribution is -0.128. The zero-order valence-corrected chi connectivity index (χ0v) is 8.79. The summed E-state index contributed by atoms with van der Waals surface area (Å²) in [6.07, 6.45) is 5.83. The highest BCUT2D eigenvalue weighted by Gasteiger charge is 2.29. The maximum absolute atomic E-state index is 11.6. The number of rotatable bonds is 3. The Kier molecular flexibility index (Phi) is 3.06. The molecule has 2 atom stereocenters. The average Bonchev–Trinajstić information content (AvgIpc) is 2.51. The van der Waals surface area contributed by atoms with Gasteiger partial charge in [-0.25, -0.2) is 0 Å². The molecule has 0 spiro atoms. The van der Waals surface area contributed by atoms with Crippen LogP contribution in [0.4, 0.5) is 0 Å². The number of ether oxygens (including phenoxy) is 1. The van der Waals surface area contributed by atoms with Gasteiger partial charge >= 0.3 is 0 Å². The van der Waals surface area contributed by atoms with Gasteiger partial charge in [0.15, 0.2) is 0 Å². The molecule has 1 aliphatic heterocycles. The third-order valence-electron chi connectivity index (χ3n) is 3.37. The fraction of sp³-hybridized carbons (Fsp3) is 0.909. The summed E-state index contributed by atoms with van der Waals surface area (Å²) in [4.78, 5) is 11.6. The molecule has 2 fully saturated rings. The van der Waals surface area contributed by atoms with Gasteiger partial charge in [0.05, 0.1) is 12.1 Å². The molecule has 3 nitrogen and oxygen atoms in total. The van der Waals surface area contributed by atoms with Crippen molar-refractivity contribution in [1.29, 1.82) is 0 Å². The standard InChI is InChI=1S/C11H19NO2/c1-8(10-6-3-7-14-10)12-11(13)9-4-2-5-9/h8-10H,2-7H2,1H3,(H,12,13). The zero-order valence-electron chi connectivity index (χ0n) is 8.79. The lowest BCUT2D eigenvalue weighted by Crippen LogP contribution is -2.45. The summed E-state index contributed by atoms with van der Waals surface area (Å²) in [5.41, 5.74) is 0. The second kappa shape index (κ2) is 4.30. The van der Waals surface area contributed by atoms with E-state index < -0.39 is 0 Å². The van der Waals surface area contributed by atoms with Crippen molar-refractivity contribution in [2.45, 2.75) is 51.2 Å². The van der Waals surface area contributed by atoms with Gasteiger partial charge in [-0.15, -0.1) is 0 Å². The van der Waals surface area contributed by atoms with Gasteiger partial charge in [0.25, 0.3) is 0 Å². The van der Waals surface area contributed by atoms with Crippen molar-refractivity contribution in [2.75, 3.05) is 6.61 Å². The van der Waals surface area contributed by atoms with Gasteiger partial charge in [0, 0.05) is 12.5 Å². The molecule has 0 aromatic heterocycles. The summed E-state index contributed by atoms with van der Waals surface area (Å²) in [5, 5.41) is 3.06. The number of amides is 1. The molecule has 2 aliphatic rings. The first-order valence-electron chi connectivity index (χ1n) is 5.69. The number of carbonyl (C=O) groups is 1. The molecule has 14 heavy (non-hydrogen) atoms. The third kappa shape index (κ3) is 2.08. The van der Waals surface area contributed by atoms with Crippen LogP contribution in [0.2, 0.25) is 0 Å². The van der Waals surface area contributed by atoms with E-state index in [1.54, 1.807) is 0 Å². The third-order valence-corrected chi connectivity index (χ3v) is 3.37. The van der Waals surface area contributed by atoms with Crippen molar-refractivity contribution in [3.05, 3.63) is 0 Å². The fourth-order valence-corrected chi connectivity index (χ4v) is 2.10. The summed E-state index contributed by atoms with van der Waals surface area (Å²) in [7, 11) is 0. The normalized spacial score (nSPS) is 29.6. The molecule has 3 heteroatoms. The van der Waals surface area contributed by atoms with E-state index in [4.69, 9.17) is 4.74 Å². The average molecular weight is 197 g/mol. The Labute approximate surface area is 85.2 Å². The van der Waals surface area contributed by atoms with Gasteiger partial charge in [-0.1, -0.05) is 6.42 Å². The van der Waals surface area contributed by atoms with E-state index in [1.807, 2.05) is 6.92 Å². The van der Waals surface area contributed by atoms with Gasteiger partial charge in [0.1, 0.15) is 0 Å². The van der Waals surface area contributed by atoms with E-state index in [1.165, 1.54) is 6.42 Å². The topological polar surface area (TPSA) is 38.3 Å². The Morgan fingerprint density at radius 3 is 2.64 bits per heavy atom. The van der Waals surface area contributed by atoms with Crippen molar-refractivity contribution in [3.63, 3.8) is 0 Å². The van der Waals surface area contributed by atoms with Gasteiger partial charge in [0.2, 0.25) is 5.91 Å². The molecule has 80 valence electrons. The minimum absolute atomic E-state index is 0.186. The first kappa shape index (κ1) is 9.97. The number of hydrogen-bond acceptors (Lipinski definition) is 2. The largest absolute Gasteiger partial charge is 0.376 e. The molecule has 0 aromatic rings. The van der Waals surface area contributed by atoms with Gasteiger partial charge in [-0.3, -0.25) is 4.79 Å². The zero-order chi connectivity index (χ0) is 9.97. The van der Waals surface area contributed by atoms with Gasteiger partial charge in [-0.2, -0.15) is 0 Å². The molecule has 0 aromatic carbocycles. The Bertz CT molecular complexity index is 207. The highest BCUT2D eigenvalue weighted by molar-refractivity contribution is 5.79. The predicted octanol–water partition coefficient (Wildman–Crippen LogP) is 1.47. The van der Waals surface area contributed by atoms with Crippen LogP contribution in [0.5, 0.6) is 0 Å². The molecule has 0 bridgehead atoms. The van der Waals surface area contributed by atoms with Crippen molar-refractivity contribution >= 4 is 5.91 Å². The smallest absolute Gasteiger partial charge is 0.223 e. The Balaban J connectivity index is 1.74. The summed E-state index contributed by atoms with van der Waals surface area (Å²) in [6, 6.07) is 0.186. The Hall–Kier alpha value is -0.570. The van der Waals surface area contributed by atoms with Gasteiger partial charge in [-0.05, 0) is 32.6 Å². The minimum atomic E-state index is 0.186. The number of carbonyl (C=O) groups excluding carboxylic acids is 1. The highest BCUT2D eigenvalue weighted by Crippen LogP contribution is 2.26. The van der Waals surface area contributed by atoms with Crippen LogP contribution < -0.4 is 5.32 Å². The van der Waals surface area contributed by atoms with E-state index in [2.05, 4.69) is 5.32 Å². The maximum Gasteiger partial charge on any atom is 0.223 e. The van der Waals surface area contributed by atoms with Crippen LogP contribution in [-0.4, -0.2) is 24.7 Å². The lowest BCUT2D eigenvalue weighted by Gasteiger charge is -2.27. The number of hydrogen-bond donors (Lipinski definition) is 1. The van der Waals surface area contributed by atoms with Crippen molar-refractivity contribution in [3.8, 4) is 0 Å². The fourth-order valence-electron chi connectivity index (χ4n) is 2.10. The second-order valence-electron chi connectivity index (χ2n) is 4.48. The molecule has 1 aliphatic carbocycles.